The van der Waals surface area contributed by atoms with Gasteiger partial charge in [-0.05, 0) is 43.4 Å². The highest BCUT2D eigenvalue weighted by molar-refractivity contribution is 5.29. The van der Waals surface area contributed by atoms with E-state index < -0.39 is 0 Å². The highest BCUT2D eigenvalue weighted by Crippen LogP contribution is 2.31. The minimum atomic E-state index is 0.435. The van der Waals surface area contributed by atoms with Gasteiger partial charge in [0, 0.05) is 12.1 Å². The van der Waals surface area contributed by atoms with Crippen LogP contribution in [0.4, 0.5) is 0 Å². The minimum absolute atomic E-state index is 0.435. The average Bonchev–Trinajstić information content (AvgIpc) is 3.03. The molecule has 1 aromatic rings. The molecule has 2 heteroatoms. The van der Waals surface area contributed by atoms with E-state index in [2.05, 4.69) is 50.4 Å². The Labute approximate surface area is 104 Å². The summed E-state index contributed by atoms with van der Waals surface area (Å²) in [6.07, 6.45) is 2.38. The first-order chi connectivity index (χ1) is 8.20. The third-order valence-electron chi connectivity index (χ3n) is 3.43. The maximum Gasteiger partial charge on any atom is 0.119 e. The van der Waals surface area contributed by atoms with Gasteiger partial charge in [0.1, 0.15) is 5.75 Å². The maximum absolute atomic E-state index is 5.58. The summed E-state index contributed by atoms with van der Waals surface area (Å²) in [7, 11) is 0. The van der Waals surface area contributed by atoms with E-state index in [-0.39, 0.29) is 0 Å². The van der Waals surface area contributed by atoms with Crippen molar-refractivity contribution < 1.29 is 4.74 Å². The fourth-order valence-corrected chi connectivity index (χ4v) is 2.04. The molecule has 1 aromatic carbocycles. The Bertz CT molecular complexity index is 346. The van der Waals surface area contributed by atoms with Gasteiger partial charge in [0.25, 0.3) is 0 Å². The van der Waals surface area contributed by atoms with Gasteiger partial charge in [-0.3, -0.25) is 0 Å². The zero-order valence-electron chi connectivity index (χ0n) is 11.1. The molecule has 0 radical (unpaired) electrons. The fourth-order valence-electron chi connectivity index (χ4n) is 2.04. The van der Waals surface area contributed by atoms with Crippen molar-refractivity contribution in [1.82, 2.24) is 5.32 Å². The molecular weight excluding hydrogens is 210 g/mol. The summed E-state index contributed by atoms with van der Waals surface area (Å²) in [5, 5.41) is 3.64. The van der Waals surface area contributed by atoms with Gasteiger partial charge in [0.15, 0.2) is 0 Å². The van der Waals surface area contributed by atoms with Crippen molar-refractivity contribution in [3.63, 3.8) is 0 Å². The topological polar surface area (TPSA) is 21.3 Å². The standard InChI is InChI=1S/C15H23NO/c1-4-9-17-14-7-5-13(6-8-14)12(3)16-15-10-11(15)2/h5-8,11-12,15-16H,4,9-10H2,1-3H3. The van der Waals surface area contributed by atoms with Gasteiger partial charge in [-0.15, -0.1) is 0 Å². The van der Waals surface area contributed by atoms with Crippen LogP contribution in [0.3, 0.4) is 0 Å². The molecule has 0 aliphatic heterocycles. The summed E-state index contributed by atoms with van der Waals surface area (Å²) in [6.45, 7) is 7.45. The molecule has 94 valence electrons. The lowest BCUT2D eigenvalue weighted by Gasteiger charge is -2.14. The average molecular weight is 233 g/mol. The molecule has 2 nitrogen and oxygen atoms in total. The van der Waals surface area contributed by atoms with E-state index in [1.807, 2.05) is 0 Å². The third kappa shape index (κ3) is 3.47. The maximum atomic E-state index is 5.58. The molecule has 17 heavy (non-hydrogen) atoms. The quantitative estimate of drug-likeness (QED) is 0.811. The van der Waals surface area contributed by atoms with E-state index in [9.17, 15) is 0 Å². The van der Waals surface area contributed by atoms with Crippen molar-refractivity contribution >= 4 is 0 Å². The summed E-state index contributed by atoms with van der Waals surface area (Å²) in [4.78, 5) is 0. The van der Waals surface area contributed by atoms with E-state index in [1.165, 1.54) is 12.0 Å². The van der Waals surface area contributed by atoms with Crippen molar-refractivity contribution in [3.05, 3.63) is 29.8 Å². The number of hydrogen-bond donors (Lipinski definition) is 1. The minimum Gasteiger partial charge on any atom is -0.494 e. The largest absolute Gasteiger partial charge is 0.494 e. The molecule has 0 aromatic heterocycles. The van der Waals surface area contributed by atoms with Crippen LogP contribution in [0.25, 0.3) is 0 Å². The smallest absolute Gasteiger partial charge is 0.119 e. The van der Waals surface area contributed by atoms with E-state index in [0.29, 0.717) is 6.04 Å². The lowest BCUT2D eigenvalue weighted by molar-refractivity contribution is 0.317. The predicted molar refractivity (Wildman–Crippen MR) is 71.3 cm³/mol. The van der Waals surface area contributed by atoms with Crippen molar-refractivity contribution in [2.45, 2.75) is 45.7 Å². The second-order valence-electron chi connectivity index (χ2n) is 5.13. The first-order valence-corrected chi connectivity index (χ1v) is 6.69. The van der Waals surface area contributed by atoms with Gasteiger partial charge in [-0.25, -0.2) is 0 Å². The molecule has 1 fully saturated rings. The van der Waals surface area contributed by atoms with Gasteiger partial charge in [-0.2, -0.15) is 0 Å². The third-order valence-corrected chi connectivity index (χ3v) is 3.43. The molecule has 3 unspecified atom stereocenters. The Morgan fingerprint density at radius 1 is 1.35 bits per heavy atom. The van der Waals surface area contributed by atoms with Crippen LogP contribution in [0, 0.1) is 5.92 Å². The highest BCUT2D eigenvalue weighted by Gasteiger charge is 2.33. The number of ether oxygens (including phenoxy) is 1. The normalized spacial score (nSPS) is 24.4. The molecule has 0 heterocycles. The van der Waals surface area contributed by atoms with Crippen molar-refractivity contribution in [2.24, 2.45) is 5.92 Å². The summed E-state index contributed by atoms with van der Waals surface area (Å²) in [5.74, 6) is 1.83. The second-order valence-corrected chi connectivity index (χ2v) is 5.13. The molecule has 0 saturated heterocycles. The summed E-state index contributed by atoms with van der Waals surface area (Å²) in [6, 6.07) is 9.62. The van der Waals surface area contributed by atoms with Crippen molar-refractivity contribution in [3.8, 4) is 5.75 Å². The SMILES string of the molecule is CCCOc1ccc(C(C)NC2CC2C)cc1. The van der Waals surface area contributed by atoms with E-state index in [0.717, 1.165) is 30.7 Å². The van der Waals surface area contributed by atoms with Crippen LogP contribution in [0.5, 0.6) is 5.75 Å². The van der Waals surface area contributed by atoms with E-state index >= 15 is 0 Å². The Hall–Kier alpha value is -1.02. The molecule has 1 aliphatic rings. The zero-order valence-corrected chi connectivity index (χ0v) is 11.1. The van der Waals surface area contributed by atoms with Crippen LogP contribution >= 0.6 is 0 Å². The highest BCUT2D eigenvalue weighted by atomic mass is 16.5. The molecule has 1 aliphatic carbocycles. The van der Waals surface area contributed by atoms with Gasteiger partial charge >= 0.3 is 0 Å². The van der Waals surface area contributed by atoms with Crippen LogP contribution in [-0.2, 0) is 0 Å². The monoisotopic (exact) mass is 233 g/mol. The lowest BCUT2D eigenvalue weighted by atomic mass is 10.1. The number of benzene rings is 1. The molecule has 0 amide bonds. The first-order valence-electron chi connectivity index (χ1n) is 6.69. The van der Waals surface area contributed by atoms with Crippen molar-refractivity contribution in [2.75, 3.05) is 6.61 Å². The molecule has 1 N–H and O–H groups in total. The number of rotatable bonds is 6. The molecule has 0 bridgehead atoms. The number of hydrogen-bond acceptors (Lipinski definition) is 2. The molecule has 1 saturated carbocycles. The van der Waals surface area contributed by atoms with Gasteiger partial charge < -0.3 is 10.1 Å². The molecule has 0 spiro atoms. The van der Waals surface area contributed by atoms with Crippen LogP contribution in [-0.4, -0.2) is 12.6 Å². The van der Waals surface area contributed by atoms with Crippen LogP contribution < -0.4 is 10.1 Å². The van der Waals surface area contributed by atoms with E-state index in [4.69, 9.17) is 4.74 Å². The first kappa shape index (κ1) is 12.4. The Morgan fingerprint density at radius 3 is 2.53 bits per heavy atom. The van der Waals surface area contributed by atoms with Crippen LogP contribution in [0.1, 0.15) is 45.2 Å². The lowest BCUT2D eigenvalue weighted by Crippen LogP contribution is -2.21. The fraction of sp³-hybridized carbons (Fsp3) is 0.600. The summed E-state index contributed by atoms with van der Waals surface area (Å²) >= 11 is 0. The van der Waals surface area contributed by atoms with Gasteiger partial charge in [0.2, 0.25) is 0 Å². The van der Waals surface area contributed by atoms with Crippen LogP contribution in [0.2, 0.25) is 0 Å². The Morgan fingerprint density at radius 2 is 2.00 bits per heavy atom. The van der Waals surface area contributed by atoms with Crippen LogP contribution in [0.15, 0.2) is 24.3 Å². The summed E-state index contributed by atoms with van der Waals surface area (Å²) in [5.41, 5.74) is 1.34. The molecule has 3 atom stereocenters. The zero-order chi connectivity index (χ0) is 12.3. The van der Waals surface area contributed by atoms with Gasteiger partial charge in [0.05, 0.1) is 6.61 Å². The van der Waals surface area contributed by atoms with E-state index in [1.54, 1.807) is 0 Å². The summed E-state index contributed by atoms with van der Waals surface area (Å²) < 4.78 is 5.58. The Balaban J connectivity index is 1.87. The van der Waals surface area contributed by atoms with Gasteiger partial charge in [-0.1, -0.05) is 26.0 Å². The molecular formula is C15H23NO. The predicted octanol–water partition coefficient (Wildman–Crippen LogP) is 3.53. The molecule has 2 rings (SSSR count). The Kier molecular flexibility index (Phi) is 4.06. The second kappa shape index (κ2) is 5.54. The number of nitrogens with one attached hydrogen (secondary N) is 1. The van der Waals surface area contributed by atoms with Crippen molar-refractivity contribution in [1.29, 1.82) is 0 Å².